The Bertz CT molecular complexity index is 671. The standard InChI is InChI=1S/C19H26FN3O/c1-22(8-3-11-24)18-5-9-23(10-6-18)14-16-13-17(20)12-15-4-2-7-21-19(15)16/h2,4,7,12-13,18,24H,3,5-6,8-11,14H2,1H3. The zero-order valence-electron chi connectivity index (χ0n) is 14.3. The van der Waals surface area contributed by atoms with Gasteiger partial charge in [-0.05, 0) is 63.2 Å². The van der Waals surface area contributed by atoms with E-state index in [2.05, 4.69) is 21.8 Å². The van der Waals surface area contributed by atoms with Gasteiger partial charge >= 0.3 is 0 Å². The molecule has 0 aliphatic carbocycles. The predicted octanol–water partition coefficient (Wildman–Crippen LogP) is 2.65. The molecule has 2 aromatic rings. The summed E-state index contributed by atoms with van der Waals surface area (Å²) in [6, 6.07) is 7.51. The van der Waals surface area contributed by atoms with Gasteiger partial charge in [0, 0.05) is 37.3 Å². The van der Waals surface area contributed by atoms with Crippen LogP contribution in [-0.4, -0.2) is 59.2 Å². The Hall–Kier alpha value is -1.56. The summed E-state index contributed by atoms with van der Waals surface area (Å²) in [4.78, 5) is 9.18. The van der Waals surface area contributed by atoms with E-state index in [0.717, 1.165) is 61.9 Å². The van der Waals surface area contributed by atoms with Gasteiger partial charge in [-0.2, -0.15) is 0 Å². The van der Waals surface area contributed by atoms with E-state index < -0.39 is 0 Å². The monoisotopic (exact) mass is 331 g/mol. The van der Waals surface area contributed by atoms with Gasteiger partial charge in [0.15, 0.2) is 0 Å². The maximum Gasteiger partial charge on any atom is 0.124 e. The average molecular weight is 331 g/mol. The molecular formula is C19H26FN3O. The summed E-state index contributed by atoms with van der Waals surface area (Å²) < 4.78 is 13.9. The zero-order chi connectivity index (χ0) is 16.9. The Labute approximate surface area is 142 Å². The Morgan fingerprint density at radius 1 is 1.33 bits per heavy atom. The van der Waals surface area contributed by atoms with E-state index in [4.69, 9.17) is 5.11 Å². The SMILES string of the molecule is CN(CCCO)C1CCN(Cc2cc(F)cc3cccnc23)CC1. The third-order valence-electron chi connectivity index (χ3n) is 4.99. The van der Waals surface area contributed by atoms with E-state index >= 15 is 0 Å². The lowest BCUT2D eigenvalue weighted by atomic mass is 10.0. The van der Waals surface area contributed by atoms with E-state index in [1.165, 1.54) is 0 Å². The van der Waals surface area contributed by atoms with Crippen molar-refractivity contribution >= 4 is 10.9 Å². The smallest absolute Gasteiger partial charge is 0.124 e. The van der Waals surface area contributed by atoms with Crippen LogP contribution in [0.1, 0.15) is 24.8 Å². The summed E-state index contributed by atoms with van der Waals surface area (Å²) in [5.41, 5.74) is 1.87. The summed E-state index contributed by atoms with van der Waals surface area (Å²) in [6.07, 6.45) is 4.83. The van der Waals surface area contributed by atoms with Gasteiger partial charge in [0.1, 0.15) is 5.82 Å². The third kappa shape index (κ3) is 4.09. The van der Waals surface area contributed by atoms with Crippen molar-refractivity contribution in [1.29, 1.82) is 0 Å². The largest absolute Gasteiger partial charge is 0.396 e. The minimum atomic E-state index is -0.191. The summed E-state index contributed by atoms with van der Waals surface area (Å²) >= 11 is 0. The molecular weight excluding hydrogens is 305 g/mol. The highest BCUT2D eigenvalue weighted by molar-refractivity contribution is 5.81. The van der Waals surface area contributed by atoms with Crippen LogP contribution in [0.15, 0.2) is 30.5 Å². The molecule has 1 aliphatic heterocycles. The first-order valence-electron chi connectivity index (χ1n) is 8.74. The fourth-order valence-corrected chi connectivity index (χ4v) is 3.61. The molecule has 2 heterocycles. The van der Waals surface area contributed by atoms with Gasteiger partial charge in [0.25, 0.3) is 0 Å². The van der Waals surface area contributed by atoms with Gasteiger partial charge < -0.3 is 10.0 Å². The van der Waals surface area contributed by atoms with Crippen LogP contribution in [-0.2, 0) is 6.54 Å². The Kier molecular flexibility index (Phi) is 5.76. The van der Waals surface area contributed by atoms with Crippen LogP contribution in [0.25, 0.3) is 10.9 Å². The number of pyridine rings is 1. The molecule has 5 heteroatoms. The topological polar surface area (TPSA) is 39.6 Å². The highest BCUT2D eigenvalue weighted by Gasteiger charge is 2.22. The highest BCUT2D eigenvalue weighted by atomic mass is 19.1. The van der Waals surface area contributed by atoms with Gasteiger partial charge in [-0.3, -0.25) is 9.88 Å². The molecule has 0 radical (unpaired) electrons. The maximum absolute atomic E-state index is 13.9. The molecule has 4 nitrogen and oxygen atoms in total. The number of hydrogen-bond acceptors (Lipinski definition) is 4. The molecule has 1 aromatic heterocycles. The molecule has 0 spiro atoms. The lowest BCUT2D eigenvalue weighted by Crippen LogP contribution is -2.43. The maximum atomic E-state index is 13.9. The zero-order valence-corrected chi connectivity index (χ0v) is 14.3. The Balaban J connectivity index is 1.62. The van der Waals surface area contributed by atoms with Crippen LogP contribution in [0.5, 0.6) is 0 Å². The average Bonchev–Trinajstić information content (AvgIpc) is 2.60. The number of aliphatic hydroxyl groups excluding tert-OH is 1. The van der Waals surface area contributed by atoms with Crippen molar-refractivity contribution in [2.24, 2.45) is 0 Å². The molecule has 0 amide bonds. The molecule has 1 N–H and O–H groups in total. The minimum absolute atomic E-state index is 0.191. The van der Waals surface area contributed by atoms with Gasteiger partial charge in [-0.25, -0.2) is 4.39 Å². The normalized spacial score (nSPS) is 17.0. The molecule has 0 atom stereocenters. The third-order valence-corrected chi connectivity index (χ3v) is 4.99. The highest BCUT2D eigenvalue weighted by Crippen LogP contribution is 2.22. The number of hydrogen-bond donors (Lipinski definition) is 1. The second kappa shape index (κ2) is 8.01. The fourth-order valence-electron chi connectivity index (χ4n) is 3.61. The number of rotatable bonds is 6. The van der Waals surface area contributed by atoms with E-state index in [1.54, 1.807) is 18.3 Å². The van der Waals surface area contributed by atoms with Crippen molar-refractivity contribution in [3.05, 3.63) is 41.8 Å². The van der Waals surface area contributed by atoms with E-state index in [0.29, 0.717) is 6.04 Å². The van der Waals surface area contributed by atoms with Gasteiger partial charge in [-0.1, -0.05) is 6.07 Å². The van der Waals surface area contributed by atoms with Gasteiger partial charge in [0.05, 0.1) is 5.52 Å². The van der Waals surface area contributed by atoms with Crippen molar-refractivity contribution in [1.82, 2.24) is 14.8 Å². The molecule has 1 fully saturated rings. The molecule has 1 aromatic carbocycles. The number of aliphatic hydroxyl groups is 1. The van der Waals surface area contributed by atoms with Crippen LogP contribution in [0.4, 0.5) is 4.39 Å². The van der Waals surface area contributed by atoms with Crippen LogP contribution in [0.3, 0.4) is 0 Å². The van der Waals surface area contributed by atoms with Crippen LogP contribution >= 0.6 is 0 Å². The number of likely N-dealkylation sites (tertiary alicyclic amines) is 1. The minimum Gasteiger partial charge on any atom is -0.396 e. The first-order valence-corrected chi connectivity index (χ1v) is 8.74. The molecule has 24 heavy (non-hydrogen) atoms. The molecule has 0 saturated carbocycles. The quantitative estimate of drug-likeness (QED) is 0.883. The molecule has 3 rings (SSSR count). The molecule has 1 saturated heterocycles. The molecule has 1 aliphatic rings. The Morgan fingerprint density at radius 2 is 2.12 bits per heavy atom. The van der Waals surface area contributed by atoms with E-state index in [9.17, 15) is 4.39 Å². The fraction of sp³-hybridized carbons (Fsp3) is 0.526. The predicted molar refractivity (Wildman–Crippen MR) is 94.3 cm³/mol. The lowest BCUT2D eigenvalue weighted by molar-refractivity contribution is 0.117. The first kappa shape index (κ1) is 17.3. The number of piperidine rings is 1. The van der Waals surface area contributed by atoms with E-state index in [-0.39, 0.29) is 12.4 Å². The summed E-state index contributed by atoms with van der Waals surface area (Å²) in [6.45, 7) is 3.97. The van der Waals surface area contributed by atoms with Crippen LogP contribution in [0.2, 0.25) is 0 Å². The second-order valence-electron chi connectivity index (χ2n) is 6.71. The van der Waals surface area contributed by atoms with Crippen molar-refractivity contribution in [3.63, 3.8) is 0 Å². The number of halogens is 1. The molecule has 0 unspecified atom stereocenters. The van der Waals surface area contributed by atoms with Gasteiger partial charge in [-0.15, -0.1) is 0 Å². The van der Waals surface area contributed by atoms with Crippen molar-refractivity contribution in [2.45, 2.75) is 31.8 Å². The van der Waals surface area contributed by atoms with Crippen LogP contribution < -0.4 is 0 Å². The van der Waals surface area contributed by atoms with Crippen LogP contribution in [0, 0.1) is 5.82 Å². The van der Waals surface area contributed by atoms with Crippen molar-refractivity contribution in [2.75, 3.05) is 33.3 Å². The number of fused-ring (bicyclic) bond motifs is 1. The Morgan fingerprint density at radius 3 is 2.88 bits per heavy atom. The first-order chi connectivity index (χ1) is 11.7. The lowest BCUT2D eigenvalue weighted by Gasteiger charge is -2.36. The summed E-state index contributed by atoms with van der Waals surface area (Å²) in [5, 5.41) is 9.82. The molecule has 0 bridgehead atoms. The van der Waals surface area contributed by atoms with Crippen molar-refractivity contribution in [3.8, 4) is 0 Å². The molecule has 130 valence electrons. The summed E-state index contributed by atoms with van der Waals surface area (Å²) in [5.74, 6) is -0.191. The number of benzene rings is 1. The van der Waals surface area contributed by atoms with Crippen molar-refractivity contribution < 1.29 is 9.50 Å². The summed E-state index contributed by atoms with van der Waals surface area (Å²) in [7, 11) is 2.14. The van der Waals surface area contributed by atoms with E-state index in [1.807, 2.05) is 12.1 Å². The van der Waals surface area contributed by atoms with Gasteiger partial charge in [0.2, 0.25) is 0 Å². The second-order valence-corrected chi connectivity index (χ2v) is 6.71. The number of aromatic nitrogens is 1. The number of nitrogens with zero attached hydrogens (tertiary/aromatic N) is 3.